The smallest absolute Gasteiger partial charge is 0.495 e. The van der Waals surface area contributed by atoms with Crippen LogP contribution in [0.15, 0.2) is 40.9 Å². The second-order valence-corrected chi connectivity index (χ2v) is 8.32. The van der Waals surface area contributed by atoms with Gasteiger partial charge in [0, 0.05) is 10.0 Å². The van der Waals surface area contributed by atoms with E-state index in [1.165, 1.54) is 0 Å². The van der Waals surface area contributed by atoms with Crippen molar-refractivity contribution in [2.75, 3.05) is 0 Å². The van der Waals surface area contributed by atoms with Gasteiger partial charge in [0.2, 0.25) is 0 Å². The Morgan fingerprint density at radius 3 is 1.73 bits per heavy atom. The minimum Gasteiger partial charge on any atom is -0.508 e. The van der Waals surface area contributed by atoms with Crippen LogP contribution in [0.5, 0.6) is 11.5 Å². The molecule has 2 N–H and O–H groups in total. The number of benzene rings is 2. The fourth-order valence-corrected chi connectivity index (χ4v) is 2.82. The molecule has 0 atom stereocenters. The lowest BCUT2D eigenvalue weighted by molar-refractivity contribution is 0.00578. The summed E-state index contributed by atoms with van der Waals surface area (Å²) in [6, 6.07) is 10.8. The summed E-state index contributed by atoms with van der Waals surface area (Å²) >= 11 is 3.29. The van der Waals surface area contributed by atoms with Gasteiger partial charge in [-0.25, -0.2) is 0 Å². The highest BCUT2D eigenvalue weighted by Gasteiger charge is 2.52. The van der Waals surface area contributed by atoms with Crippen molar-refractivity contribution in [1.29, 1.82) is 0 Å². The van der Waals surface area contributed by atoms with E-state index in [1.807, 2.05) is 59.7 Å². The quantitative estimate of drug-likeness (QED) is 0.668. The molecule has 1 aliphatic heterocycles. The topological polar surface area (TPSA) is 58.9 Å². The molecule has 0 radical (unpaired) electrons. The number of phenols is 2. The maximum atomic E-state index is 9.71. The first-order valence-electron chi connectivity index (χ1n) is 8.54. The van der Waals surface area contributed by atoms with Crippen LogP contribution in [-0.2, 0) is 9.31 Å². The van der Waals surface area contributed by atoms with Crippen LogP contribution in [-0.4, -0.2) is 28.5 Å². The predicted octanol–water partition coefficient (Wildman–Crippen LogP) is 4.46. The lowest BCUT2D eigenvalue weighted by Gasteiger charge is -2.32. The van der Waals surface area contributed by atoms with Crippen molar-refractivity contribution in [2.24, 2.45) is 0 Å². The molecule has 0 spiro atoms. The molecule has 0 saturated carbocycles. The van der Waals surface area contributed by atoms with Crippen LogP contribution in [0.1, 0.15) is 38.8 Å². The van der Waals surface area contributed by atoms with E-state index in [4.69, 9.17) is 14.4 Å². The predicted molar refractivity (Wildman–Crippen MR) is 109 cm³/mol. The normalized spacial score (nSPS) is 17.6. The summed E-state index contributed by atoms with van der Waals surface area (Å²) in [5, 5.41) is 18.8. The molecule has 140 valence electrons. The Kier molecular flexibility index (Phi) is 6.11. The van der Waals surface area contributed by atoms with Crippen LogP contribution in [0.3, 0.4) is 0 Å². The summed E-state index contributed by atoms with van der Waals surface area (Å²) in [7, 11) is -0.410. The molecule has 0 bridgehead atoms. The van der Waals surface area contributed by atoms with E-state index in [9.17, 15) is 5.11 Å². The van der Waals surface area contributed by atoms with Gasteiger partial charge in [0.1, 0.15) is 11.5 Å². The third kappa shape index (κ3) is 4.25. The molecule has 1 fully saturated rings. The monoisotopic (exact) mass is 420 g/mol. The fraction of sp³-hybridized carbons (Fsp3) is 0.400. The summed E-state index contributed by atoms with van der Waals surface area (Å²) in [5.74, 6) is 0.613. The van der Waals surface area contributed by atoms with E-state index < -0.39 is 7.12 Å². The Balaban J connectivity index is 0.000000228. The van der Waals surface area contributed by atoms with E-state index in [-0.39, 0.29) is 17.0 Å². The number of hydrogen-bond acceptors (Lipinski definition) is 4. The minimum absolute atomic E-state index is 0.275. The van der Waals surface area contributed by atoms with Crippen LogP contribution in [0, 0.1) is 13.8 Å². The zero-order valence-electron chi connectivity index (χ0n) is 16.1. The lowest BCUT2D eigenvalue weighted by atomic mass is 9.76. The number of halogens is 1. The molecule has 1 heterocycles. The number of hydrogen-bond donors (Lipinski definition) is 2. The third-order valence-corrected chi connectivity index (χ3v) is 5.95. The first kappa shape index (κ1) is 20.8. The second-order valence-electron chi connectivity index (χ2n) is 7.46. The van der Waals surface area contributed by atoms with Gasteiger partial charge < -0.3 is 19.5 Å². The molecule has 2 aromatic rings. The van der Waals surface area contributed by atoms with Crippen molar-refractivity contribution in [3.8, 4) is 11.5 Å². The highest BCUT2D eigenvalue weighted by Crippen LogP contribution is 2.37. The van der Waals surface area contributed by atoms with Crippen molar-refractivity contribution in [1.82, 2.24) is 0 Å². The van der Waals surface area contributed by atoms with Crippen molar-refractivity contribution >= 4 is 28.5 Å². The standard InChI is InChI=1S/C13H19BO3.C7H7BrO/c1-9-10(7-6-8-11(9)15)14-16-12(2,3)13(4,5)17-14;1-5-6(8)3-2-4-7(5)9/h6-8,15H,1-5H3;2-4,9H,1H3. The molecule has 0 amide bonds. The third-order valence-electron chi connectivity index (χ3n) is 5.09. The van der Waals surface area contributed by atoms with Crippen LogP contribution < -0.4 is 5.46 Å². The average Bonchev–Trinajstić information content (AvgIpc) is 2.76. The Morgan fingerprint density at radius 1 is 0.808 bits per heavy atom. The molecule has 0 aliphatic carbocycles. The number of phenolic OH excluding ortho intramolecular Hbond substituents is 2. The van der Waals surface area contributed by atoms with Crippen LogP contribution >= 0.6 is 15.9 Å². The summed E-state index contributed by atoms with van der Waals surface area (Å²) in [6.45, 7) is 11.8. The van der Waals surface area contributed by atoms with E-state index in [0.717, 1.165) is 21.1 Å². The first-order valence-corrected chi connectivity index (χ1v) is 9.34. The summed E-state index contributed by atoms with van der Waals surface area (Å²) < 4.78 is 12.9. The number of aromatic hydroxyl groups is 2. The average molecular weight is 421 g/mol. The van der Waals surface area contributed by atoms with Gasteiger partial charge in [-0.15, -0.1) is 0 Å². The van der Waals surface area contributed by atoms with Crippen molar-refractivity contribution in [2.45, 2.75) is 52.7 Å². The second kappa shape index (κ2) is 7.63. The van der Waals surface area contributed by atoms with Gasteiger partial charge in [-0.2, -0.15) is 0 Å². The van der Waals surface area contributed by atoms with E-state index in [1.54, 1.807) is 18.2 Å². The van der Waals surface area contributed by atoms with Crippen molar-refractivity contribution in [3.05, 3.63) is 52.0 Å². The van der Waals surface area contributed by atoms with Gasteiger partial charge in [0.05, 0.1) is 11.2 Å². The Labute approximate surface area is 164 Å². The van der Waals surface area contributed by atoms with Gasteiger partial charge in [0.25, 0.3) is 0 Å². The van der Waals surface area contributed by atoms with Crippen LogP contribution in [0.2, 0.25) is 0 Å². The van der Waals surface area contributed by atoms with Crippen molar-refractivity contribution in [3.63, 3.8) is 0 Å². The van der Waals surface area contributed by atoms with Gasteiger partial charge in [0.15, 0.2) is 0 Å². The Hall–Kier alpha value is -1.50. The highest BCUT2D eigenvalue weighted by molar-refractivity contribution is 9.10. The molecule has 2 aromatic carbocycles. The minimum atomic E-state index is -0.410. The maximum absolute atomic E-state index is 9.71. The maximum Gasteiger partial charge on any atom is 0.495 e. The summed E-state index contributed by atoms with van der Waals surface area (Å²) in [6.07, 6.45) is 0. The van der Waals surface area contributed by atoms with Crippen LogP contribution in [0.25, 0.3) is 0 Å². The van der Waals surface area contributed by atoms with Gasteiger partial charge in [-0.1, -0.05) is 34.1 Å². The highest BCUT2D eigenvalue weighted by atomic mass is 79.9. The van der Waals surface area contributed by atoms with Gasteiger partial charge in [-0.3, -0.25) is 0 Å². The Morgan fingerprint density at radius 2 is 1.27 bits per heavy atom. The molecule has 6 heteroatoms. The molecule has 1 saturated heterocycles. The Bertz CT molecular complexity index is 753. The summed E-state index contributed by atoms with van der Waals surface area (Å²) in [5.41, 5.74) is 1.89. The van der Waals surface area contributed by atoms with Gasteiger partial charge in [-0.05, 0) is 70.8 Å². The van der Waals surface area contributed by atoms with Crippen molar-refractivity contribution < 1.29 is 19.5 Å². The van der Waals surface area contributed by atoms with Crippen LogP contribution in [0.4, 0.5) is 0 Å². The molecular formula is C20H26BBrO4. The van der Waals surface area contributed by atoms with E-state index in [2.05, 4.69) is 15.9 Å². The van der Waals surface area contributed by atoms with E-state index in [0.29, 0.717) is 5.75 Å². The SMILES string of the molecule is Cc1c(O)cccc1B1OC(C)(C)C(C)(C)O1.Cc1c(O)cccc1Br. The molecule has 3 rings (SSSR count). The molecule has 4 nitrogen and oxygen atoms in total. The van der Waals surface area contributed by atoms with Gasteiger partial charge >= 0.3 is 7.12 Å². The molecule has 0 unspecified atom stereocenters. The zero-order valence-corrected chi connectivity index (χ0v) is 17.7. The first-order chi connectivity index (χ1) is 12.0. The molecular weight excluding hydrogens is 395 g/mol. The molecule has 0 aromatic heterocycles. The zero-order chi connectivity index (χ0) is 19.7. The molecule has 26 heavy (non-hydrogen) atoms. The number of rotatable bonds is 1. The fourth-order valence-electron chi connectivity index (χ4n) is 2.46. The largest absolute Gasteiger partial charge is 0.508 e. The lowest BCUT2D eigenvalue weighted by Crippen LogP contribution is -2.41. The van der Waals surface area contributed by atoms with E-state index >= 15 is 0 Å². The summed E-state index contributed by atoms with van der Waals surface area (Å²) in [4.78, 5) is 0. The molecule has 1 aliphatic rings.